The van der Waals surface area contributed by atoms with E-state index in [2.05, 4.69) is 5.32 Å². The molecule has 0 saturated carbocycles. The van der Waals surface area contributed by atoms with Crippen LogP contribution < -0.4 is 5.32 Å². The van der Waals surface area contributed by atoms with E-state index in [-0.39, 0.29) is 18.2 Å². The lowest BCUT2D eigenvalue weighted by molar-refractivity contribution is 0.168. The molecule has 3 nitrogen and oxygen atoms in total. The average Bonchev–Trinajstić information content (AvgIpc) is 2.95. The minimum absolute atomic E-state index is 0.0340. The van der Waals surface area contributed by atoms with Crippen LogP contribution in [0.25, 0.3) is 6.08 Å². The van der Waals surface area contributed by atoms with Crippen molar-refractivity contribution < 1.29 is 18.3 Å². The zero-order valence-corrected chi connectivity index (χ0v) is 11.6. The van der Waals surface area contributed by atoms with Gasteiger partial charge >= 0.3 is 0 Å². The van der Waals surface area contributed by atoms with Gasteiger partial charge in [-0.3, -0.25) is 0 Å². The number of furan rings is 1. The number of hydrogen-bond acceptors (Lipinski definition) is 3. The molecule has 1 aromatic carbocycles. The molecule has 112 valence electrons. The summed E-state index contributed by atoms with van der Waals surface area (Å²) < 4.78 is 31.5. The second kappa shape index (κ2) is 7.15. The fourth-order valence-electron chi connectivity index (χ4n) is 1.87. The Hall–Kier alpha value is -1.98. The minimum Gasteiger partial charge on any atom is -0.465 e. The first-order valence-electron chi connectivity index (χ1n) is 6.64. The molecular weight excluding hydrogens is 276 g/mol. The summed E-state index contributed by atoms with van der Waals surface area (Å²) >= 11 is 0. The first-order chi connectivity index (χ1) is 10.1. The first kappa shape index (κ1) is 15.4. The highest BCUT2D eigenvalue weighted by Gasteiger charge is 2.13. The maximum absolute atomic E-state index is 13.5. The molecule has 2 aromatic rings. The van der Waals surface area contributed by atoms with Crippen molar-refractivity contribution >= 4 is 6.08 Å². The molecule has 0 fully saturated rings. The lowest BCUT2D eigenvalue weighted by Crippen LogP contribution is -2.29. The predicted octanol–water partition coefficient (Wildman–Crippen LogP) is 3.28. The van der Waals surface area contributed by atoms with Gasteiger partial charge in [-0.15, -0.1) is 0 Å². The summed E-state index contributed by atoms with van der Waals surface area (Å²) in [6.45, 7) is 2.05. The minimum atomic E-state index is -1.04. The van der Waals surface area contributed by atoms with Crippen LogP contribution >= 0.6 is 0 Å². The van der Waals surface area contributed by atoms with Crippen LogP contribution in [0.1, 0.15) is 24.4 Å². The molecule has 21 heavy (non-hydrogen) atoms. The van der Waals surface area contributed by atoms with E-state index >= 15 is 0 Å². The molecule has 0 aliphatic carbocycles. The molecule has 0 spiro atoms. The molecule has 1 heterocycles. The van der Waals surface area contributed by atoms with Gasteiger partial charge in [-0.25, -0.2) is 8.78 Å². The Morgan fingerprint density at radius 2 is 2.14 bits per heavy atom. The molecule has 0 amide bonds. The quantitative estimate of drug-likeness (QED) is 0.859. The van der Waals surface area contributed by atoms with E-state index in [1.165, 1.54) is 6.07 Å². The van der Waals surface area contributed by atoms with Crippen LogP contribution in [0, 0.1) is 11.6 Å². The number of hydrogen-bond donors (Lipinski definition) is 2. The third kappa shape index (κ3) is 4.51. The van der Waals surface area contributed by atoms with Crippen LogP contribution in [0.3, 0.4) is 0 Å². The fourth-order valence-corrected chi connectivity index (χ4v) is 1.87. The summed E-state index contributed by atoms with van der Waals surface area (Å²) in [4.78, 5) is 0. The Labute approximate surface area is 121 Å². The lowest BCUT2D eigenvalue weighted by Gasteiger charge is -2.15. The van der Waals surface area contributed by atoms with Crippen LogP contribution in [-0.4, -0.2) is 17.7 Å². The highest BCUT2D eigenvalue weighted by molar-refractivity contribution is 5.42. The number of aliphatic hydroxyl groups excluding tert-OH is 1. The topological polar surface area (TPSA) is 45.4 Å². The maximum Gasteiger partial charge on any atom is 0.131 e. The van der Waals surface area contributed by atoms with Gasteiger partial charge in [-0.1, -0.05) is 12.1 Å². The molecular formula is C16H17F2NO2. The SMILES string of the molecule is CC(/C=C/c1ccco1)NCC(O)c1ccc(F)cc1F. The smallest absolute Gasteiger partial charge is 0.131 e. The Morgan fingerprint density at radius 1 is 1.33 bits per heavy atom. The zero-order chi connectivity index (χ0) is 15.2. The number of benzene rings is 1. The molecule has 0 aliphatic heterocycles. The molecule has 2 N–H and O–H groups in total. The van der Waals surface area contributed by atoms with Gasteiger partial charge in [0.25, 0.3) is 0 Å². The Kier molecular flexibility index (Phi) is 5.25. The predicted molar refractivity (Wildman–Crippen MR) is 76.5 cm³/mol. The van der Waals surface area contributed by atoms with Crippen molar-refractivity contribution in [3.8, 4) is 0 Å². The van der Waals surface area contributed by atoms with Gasteiger partial charge in [0.2, 0.25) is 0 Å². The van der Waals surface area contributed by atoms with E-state index in [4.69, 9.17) is 4.42 Å². The fraction of sp³-hybridized carbons (Fsp3) is 0.250. The summed E-state index contributed by atoms with van der Waals surface area (Å²) in [5.41, 5.74) is 0.0751. The van der Waals surface area contributed by atoms with E-state index in [9.17, 15) is 13.9 Å². The van der Waals surface area contributed by atoms with Crippen LogP contribution in [-0.2, 0) is 0 Å². The third-order valence-electron chi connectivity index (χ3n) is 3.05. The monoisotopic (exact) mass is 293 g/mol. The summed E-state index contributed by atoms with van der Waals surface area (Å²) in [6, 6.07) is 6.72. The van der Waals surface area contributed by atoms with Crippen LogP contribution in [0.5, 0.6) is 0 Å². The van der Waals surface area contributed by atoms with Crippen molar-refractivity contribution in [3.63, 3.8) is 0 Å². The molecule has 5 heteroatoms. The number of rotatable bonds is 6. The number of nitrogens with one attached hydrogen (secondary N) is 1. The molecule has 0 saturated heterocycles. The van der Waals surface area contributed by atoms with Gasteiger partial charge in [0.15, 0.2) is 0 Å². The van der Waals surface area contributed by atoms with E-state index in [0.717, 1.165) is 17.9 Å². The number of aliphatic hydroxyl groups is 1. The molecule has 2 atom stereocenters. The van der Waals surface area contributed by atoms with E-state index < -0.39 is 17.7 Å². The number of halogens is 2. The maximum atomic E-state index is 13.5. The van der Waals surface area contributed by atoms with Gasteiger partial charge in [-0.2, -0.15) is 0 Å². The average molecular weight is 293 g/mol. The summed E-state index contributed by atoms with van der Waals surface area (Å²) in [6.07, 6.45) is 4.22. The van der Waals surface area contributed by atoms with Gasteiger partial charge < -0.3 is 14.8 Å². The second-order valence-corrected chi connectivity index (χ2v) is 4.75. The van der Waals surface area contributed by atoms with Crippen molar-refractivity contribution in [3.05, 3.63) is 65.6 Å². The largest absolute Gasteiger partial charge is 0.465 e. The Morgan fingerprint density at radius 3 is 2.81 bits per heavy atom. The van der Waals surface area contributed by atoms with Crippen molar-refractivity contribution in [1.82, 2.24) is 5.32 Å². The summed E-state index contributed by atoms with van der Waals surface area (Å²) in [7, 11) is 0. The van der Waals surface area contributed by atoms with Gasteiger partial charge in [0.05, 0.1) is 12.4 Å². The van der Waals surface area contributed by atoms with Gasteiger partial charge in [0, 0.05) is 24.2 Å². The second-order valence-electron chi connectivity index (χ2n) is 4.75. The highest BCUT2D eigenvalue weighted by atomic mass is 19.1. The normalized spacial score (nSPS) is 14.5. The van der Waals surface area contributed by atoms with Crippen molar-refractivity contribution in [1.29, 1.82) is 0 Å². The summed E-state index contributed by atoms with van der Waals surface area (Å²) in [5.74, 6) is -0.678. The zero-order valence-electron chi connectivity index (χ0n) is 11.6. The van der Waals surface area contributed by atoms with Crippen LogP contribution in [0.15, 0.2) is 47.1 Å². The Balaban J connectivity index is 1.87. The Bertz CT molecular complexity index is 596. The van der Waals surface area contributed by atoms with Crippen LogP contribution in [0.4, 0.5) is 8.78 Å². The lowest BCUT2D eigenvalue weighted by atomic mass is 10.1. The molecule has 2 rings (SSSR count). The summed E-state index contributed by atoms with van der Waals surface area (Å²) in [5, 5.41) is 13.0. The van der Waals surface area contributed by atoms with Gasteiger partial charge in [-0.05, 0) is 31.2 Å². The van der Waals surface area contributed by atoms with E-state index in [1.807, 2.05) is 25.1 Å². The molecule has 1 aromatic heterocycles. The van der Waals surface area contributed by atoms with E-state index in [0.29, 0.717) is 0 Å². The standard InChI is InChI=1S/C16H17F2NO2/c1-11(4-6-13-3-2-8-21-13)19-10-16(20)14-7-5-12(17)9-15(14)18/h2-9,11,16,19-20H,10H2,1H3/b6-4+. The third-order valence-corrected chi connectivity index (χ3v) is 3.05. The first-order valence-corrected chi connectivity index (χ1v) is 6.64. The highest BCUT2D eigenvalue weighted by Crippen LogP contribution is 2.17. The molecule has 2 unspecified atom stereocenters. The van der Waals surface area contributed by atoms with Gasteiger partial charge in [0.1, 0.15) is 17.4 Å². The molecule has 0 aliphatic rings. The molecule has 0 bridgehead atoms. The van der Waals surface area contributed by atoms with Crippen LogP contribution in [0.2, 0.25) is 0 Å². The van der Waals surface area contributed by atoms with Crippen molar-refractivity contribution in [2.45, 2.75) is 19.1 Å². The van der Waals surface area contributed by atoms with E-state index in [1.54, 1.807) is 12.3 Å². The van der Waals surface area contributed by atoms with Crippen molar-refractivity contribution in [2.24, 2.45) is 0 Å². The van der Waals surface area contributed by atoms with Crippen molar-refractivity contribution in [2.75, 3.05) is 6.54 Å². The molecule has 0 radical (unpaired) electrons.